The van der Waals surface area contributed by atoms with Crippen molar-refractivity contribution in [3.63, 3.8) is 0 Å². The molecular weight excluding hydrogens is 198 g/mol. The summed E-state index contributed by atoms with van der Waals surface area (Å²) in [5.41, 5.74) is 8.66. The van der Waals surface area contributed by atoms with Gasteiger partial charge in [0.05, 0.1) is 5.52 Å². The molecule has 0 unspecified atom stereocenters. The average molecular weight is 215 g/mol. The predicted octanol–water partition coefficient (Wildman–Crippen LogP) is 2.00. The Morgan fingerprint density at radius 1 is 1.38 bits per heavy atom. The number of aryl methyl sites for hydroxylation is 2. The van der Waals surface area contributed by atoms with E-state index in [1.165, 1.54) is 23.9 Å². The standard InChI is InChI=1S/C13H17N3/c1-16-12(6-7-13(14)8-9-13)10-4-2-3-5-11(10)15-16/h2-5H,6-9,14H2,1H3. The quantitative estimate of drug-likeness (QED) is 0.851. The minimum atomic E-state index is 0.130. The fourth-order valence-corrected chi connectivity index (χ4v) is 2.28. The molecule has 1 aliphatic rings. The predicted molar refractivity (Wildman–Crippen MR) is 65.2 cm³/mol. The number of nitrogens with zero attached hydrogens (tertiary/aromatic N) is 2. The maximum absolute atomic E-state index is 6.13. The summed E-state index contributed by atoms with van der Waals surface area (Å²) in [6.07, 6.45) is 4.48. The third-order valence-electron chi connectivity index (χ3n) is 3.62. The largest absolute Gasteiger partial charge is 0.325 e. The molecule has 1 saturated carbocycles. The van der Waals surface area contributed by atoms with Crippen molar-refractivity contribution in [2.75, 3.05) is 0 Å². The zero-order chi connectivity index (χ0) is 11.2. The molecule has 84 valence electrons. The van der Waals surface area contributed by atoms with Crippen LogP contribution in [0.4, 0.5) is 0 Å². The summed E-state index contributed by atoms with van der Waals surface area (Å²) in [7, 11) is 2.02. The van der Waals surface area contributed by atoms with Crippen molar-refractivity contribution in [1.82, 2.24) is 9.78 Å². The molecular formula is C13H17N3. The smallest absolute Gasteiger partial charge is 0.0926 e. The molecule has 2 aromatic rings. The Morgan fingerprint density at radius 2 is 2.12 bits per heavy atom. The Bertz CT molecular complexity index is 523. The lowest BCUT2D eigenvalue weighted by Crippen LogP contribution is -2.22. The molecule has 3 heteroatoms. The highest BCUT2D eigenvalue weighted by Crippen LogP contribution is 2.37. The van der Waals surface area contributed by atoms with Gasteiger partial charge in [0.1, 0.15) is 0 Å². The van der Waals surface area contributed by atoms with Crippen LogP contribution in [0.5, 0.6) is 0 Å². The number of aromatic nitrogens is 2. The van der Waals surface area contributed by atoms with E-state index in [4.69, 9.17) is 5.73 Å². The van der Waals surface area contributed by atoms with Gasteiger partial charge in [-0.05, 0) is 31.7 Å². The lowest BCUT2D eigenvalue weighted by atomic mass is 10.1. The number of benzene rings is 1. The van der Waals surface area contributed by atoms with Crippen LogP contribution >= 0.6 is 0 Å². The summed E-state index contributed by atoms with van der Waals surface area (Å²) in [5.74, 6) is 0. The first kappa shape index (κ1) is 9.85. The summed E-state index contributed by atoms with van der Waals surface area (Å²) >= 11 is 0. The monoisotopic (exact) mass is 215 g/mol. The van der Waals surface area contributed by atoms with Gasteiger partial charge in [-0.25, -0.2) is 0 Å². The van der Waals surface area contributed by atoms with Crippen molar-refractivity contribution >= 4 is 10.9 Å². The van der Waals surface area contributed by atoms with Crippen molar-refractivity contribution in [2.24, 2.45) is 12.8 Å². The van der Waals surface area contributed by atoms with Crippen LogP contribution in [0.1, 0.15) is 25.0 Å². The van der Waals surface area contributed by atoms with Crippen molar-refractivity contribution in [1.29, 1.82) is 0 Å². The molecule has 0 radical (unpaired) electrons. The molecule has 0 atom stereocenters. The lowest BCUT2D eigenvalue weighted by molar-refractivity contribution is 0.585. The molecule has 3 nitrogen and oxygen atoms in total. The molecule has 0 saturated heterocycles. The number of fused-ring (bicyclic) bond motifs is 1. The second-order valence-corrected chi connectivity index (χ2v) is 4.95. The molecule has 0 bridgehead atoms. The molecule has 0 spiro atoms. The SMILES string of the molecule is Cn1nc2ccccc2c1CCC1(N)CC1. The third-order valence-corrected chi connectivity index (χ3v) is 3.62. The summed E-state index contributed by atoms with van der Waals surface area (Å²) in [4.78, 5) is 0. The number of hydrogen-bond donors (Lipinski definition) is 1. The topological polar surface area (TPSA) is 43.8 Å². The molecule has 0 amide bonds. The van der Waals surface area contributed by atoms with E-state index >= 15 is 0 Å². The van der Waals surface area contributed by atoms with Gasteiger partial charge in [-0.15, -0.1) is 0 Å². The van der Waals surface area contributed by atoms with Crippen molar-refractivity contribution in [3.05, 3.63) is 30.0 Å². The van der Waals surface area contributed by atoms with Gasteiger partial charge in [0, 0.05) is 23.7 Å². The molecule has 1 aromatic heterocycles. The van der Waals surface area contributed by atoms with Gasteiger partial charge < -0.3 is 5.73 Å². The first-order valence-electron chi connectivity index (χ1n) is 5.87. The van der Waals surface area contributed by atoms with Gasteiger partial charge >= 0.3 is 0 Å². The maximum atomic E-state index is 6.13. The molecule has 1 fully saturated rings. The maximum Gasteiger partial charge on any atom is 0.0926 e. The zero-order valence-corrected chi connectivity index (χ0v) is 9.61. The fraction of sp³-hybridized carbons (Fsp3) is 0.462. The fourth-order valence-electron chi connectivity index (χ4n) is 2.28. The van der Waals surface area contributed by atoms with E-state index in [-0.39, 0.29) is 5.54 Å². The van der Waals surface area contributed by atoms with E-state index in [1.807, 2.05) is 17.8 Å². The Balaban J connectivity index is 1.92. The van der Waals surface area contributed by atoms with E-state index in [0.29, 0.717) is 0 Å². The van der Waals surface area contributed by atoms with Crippen LogP contribution in [-0.4, -0.2) is 15.3 Å². The lowest BCUT2D eigenvalue weighted by Gasteiger charge is -2.08. The van der Waals surface area contributed by atoms with Crippen molar-refractivity contribution < 1.29 is 0 Å². The minimum absolute atomic E-state index is 0.130. The zero-order valence-electron chi connectivity index (χ0n) is 9.61. The average Bonchev–Trinajstić information content (AvgIpc) is 2.91. The first-order valence-corrected chi connectivity index (χ1v) is 5.87. The van der Waals surface area contributed by atoms with Crippen LogP contribution in [0, 0.1) is 0 Å². The Hall–Kier alpha value is -1.35. The summed E-state index contributed by atoms with van der Waals surface area (Å²) < 4.78 is 2.00. The number of rotatable bonds is 3. The van der Waals surface area contributed by atoms with Gasteiger partial charge in [-0.1, -0.05) is 18.2 Å². The molecule has 0 aliphatic heterocycles. The molecule has 1 aromatic carbocycles. The molecule has 1 aliphatic carbocycles. The normalized spacial score (nSPS) is 17.9. The minimum Gasteiger partial charge on any atom is -0.325 e. The Labute approximate surface area is 95.2 Å². The highest BCUT2D eigenvalue weighted by Gasteiger charge is 2.37. The third kappa shape index (κ3) is 1.61. The highest BCUT2D eigenvalue weighted by molar-refractivity contribution is 5.81. The van der Waals surface area contributed by atoms with Crippen LogP contribution in [0.15, 0.2) is 24.3 Å². The van der Waals surface area contributed by atoms with Gasteiger partial charge in [-0.2, -0.15) is 5.10 Å². The van der Waals surface area contributed by atoms with Gasteiger partial charge in [0.15, 0.2) is 0 Å². The van der Waals surface area contributed by atoms with E-state index in [9.17, 15) is 0 Å². The molecule has 2 N–H and O–H groups in total. The van der Waals surface area contributed by atoms with E-state index in [1.54, 1.807) is 0 Å². The Kier molecular flexibility index (Phi) is 2.04. The first-order chi connectivity index (χ1) is 7.68. The molecule has 1 heterocycles. The van der Waals surface area contributed by atoms with E-state index in [2.05, 4.69) is 23.3 Å². The number of nitrogens with two attached hydrogens (primary N) is 1. The van der Waals surface area contributed by atoms with Crippen molar-refractivity contribution in [2.45, 2.75) is 31.2 Å². The van der Waals surface area contributed by atoms with E-state index < -0.39 is 0 Å². The van der Waals surface area contributed by atoms with Gasteiger partial charge in [-0.3, -0.25) is 4.68 Å². The van der Waals surface area contributed by atoms with Crippen LogP contribution in [-0.2, 0) is 13.5 Å². The Morgan fingerprint density at radius 3 is 2.88 bits per heavy atom. The summed E-state index contributed by atoms with van der Waals surface area (Å²) in [6.45, 7) is 0. The summed E-state index contributed by atoms with van der Waals surface area (Å²) in [5, 5.41) is 5.78. The van der Waals surface area contributed by atoms with E-state index in [0.717, 1.165) is 18.4 Å². The molecule has 3 rings (SSSR count). The van der Waals surface area contributed by atoms with Crippen LogP contribution in [0.3, 0.4) is 0 Å². The molecule has 16 heavy (non-hydrogen) atoms. The van der Waals surface area contributed by atoms with Crippen LogP contribution in [0.25, 0.3) is 10.9 Å². The summed E-state index contributed by atoms with van der Waals surface area (Å²) in [6, 6.07) is 8.31. The van der Waals surface area contributed by atoms with Gasteiger partial charge in [0.25, 0.3) is 0 Å². The second kappa shape index (κ2) is 3.32. The van der Waals surface area contributed by atoms with Crippen LogP contribution < -0.4 is 5.73 Å². The highest BCUT2D eigenvalue weighted by atomic mass is 15.3. The van der Waals surface area contributed by atoms with Gasteiger partial charge in [0.2, 0.25) is 0 Å². The second-order valence-electron chi connectivity index (χ2n) is 4.95. The number of hydrogen-bond acceptors (Lipinski definition) is 2. The van der Waals surface area contributed by atoms with Crippen molar-refractivity contribution in [3.8, 4) is 0 Å². The van der Waals surface area contributed by atoms with Crippen LogP contribution in [0.2, 0.25) is 0 Å².